The Labute approximate surface area is 377 Å². The standard InChI is InChI=1S/C51H55N3O11/c1-49(2,3)62-41(57)23-22-38(30-55)53-46(58)34-20-10-12-31(24-34)28-52-48(60)51-27-40-42-43(64-50(63-42)25-35-15-5-6-16-36(35)26-50)45(51)65-54(44(51)47(59)61-40)29-37-17-7-4-13-32(37)18-11-19-33-14-8-9-21-39(33)56/h4-18,20-21,24,38,40,42-45,55-56H,19,22-23,25-30H2,1-3H3,(H,52,60)(H,53,58)/t38-,40+,42-,43-,44-,45+,51-/m0/s1. The Morgan fingerprint density at radius 2 is 1.63 bits per heavy atom. The van der Waals surface area contributed by atoms with Crippen molar-refractivity contribution in [3.05, 3.63) is 142 Å². The Kier molecular flexibility index (Phi) is 12.1. The van der Waals surface area contributed by atoms with Gasteiger partial charge in [0, 0.05) is 37.8 Å². The summed E-state index contributed by atoms with van der Waals surface area (Å²) < 4.78 is 25.3. The van der Waals surface area contributed by atoms with E-state index in [9.17, 15) is 24.6 Å². The quantitative estimate of drug-likeness (QED) is 0.121. The van der Waals surface area contributed by atoms with Crippen LogP contribution in [-0.2, 0) is 70.5 Å². The van der Waals surface area contributed by atoms with Gasteiger partial charge in [-0.3, -0.25) is 24.0 Å². The number of phenolic OH excluding ortho intramolecular Hbond substituents is 1. The minimum absolute atomic E-state index is 0.0198. The minimum atomic E-state index is -1.44. The number of phenols is 1. The van der Waals surface area contributed by atoms with E-state index in [0.717, 1.165) is 27.8 Å². The summed E-state index contributed by atoms with van der Waals surface area (Å²) in [6, 6.07) is 28.0. The Balaban J connectivity index is 0.958. The van der Waals surface area contributed by atoms with E-state index in [1.807, 2.05) is 60.7 Å². The second kappa shape index (κ2) is 17.8. The summed E-state index contributed by atoms with van der Waals surface area (Å²) in [5, 5.41) is 27.8. The predicted octanol–water partition coefficient (Wildman–Crippen LogP) is 5.26. The molecule has 3 heterocycles. The molecule has 3 aliphatic heterocycles. The summed E-state index contributed by atoms with van der Waals surface area (Å²) in [7, 11) is 0. The van der Waals surface area contributed by atoms with Gasteiger partial charge in [0.2, 0.25) is 5.91 Å². The highest BCUT2D eigenvalue weighted by molar-refractivity contribution is 5.95. The van der Waals surface area contributed by atoms with Crippen LogP contribution in [0.4, 0.5) is 0 Å². The first-order chi connectivity index (χ1) is 31.2. The van der Waals surface area contributed by atoms with Crippen LogP contribution in [0, 0.1) is 5.41 Å². The number of benzene rings is 4. The zero-order valence-corrected chi connectivity index (χ0v) is 36.7. The molecule has 3 saturated heterocycles. The largest absolute Gasteiger partial charge is 0.508 e. The van der Waals surface area contributed by atoms with Gasteiger partial charge < -0.3 is 39.8 Å². The van der Waals surface area contributed by atoms with Crippen LogP contribution in [0.1, 0.15) is 83.8 Å². The van der Waals surface area contributed by atoms with Gasteiger partial charge in [-0.25, -0.2) is 0 Å². The number of amides is 2. The second-order valence-corrected chi connectivity index (χ2v) is 18.7. The number of nitrogens with zero attached hydrogens (tertiary/aromatic N) is 1. The van der Waals surface area contributed by atoms with Crippen molar-refractivity contribution in [2.75, 3.05) is 6.61 Å². The van der Waals surface area contributed by atoms with Gasteiger partial charge in [0.1, 0.15) is 41.2 Å². The summed E-state index contributed by atoms with van der Waals surface area (Å²) in [4.78, 5) is 62.0. The van der Waals surface area contributed by atoms with Crippen molar-refractivity contribution in [3.8, 4) is 5.75 Å². The molecule has 1 spiro atoms. The smallest absolute Gasteiger partial charge is 0.327 e. The highest BCUT2D eigenvalue weighted by Crippen LogP contribution is 2.58. The van der Waals surface area contributed by atoms with Crippen LogP contribution in [0.2, 0.25) is 0 Å². The van der Waals surface area contributed by atoms with Crippen LogP contribution in [0.15, 0.2) is 103 Å². The molecule has 2 amide bonds. The van der Waals surface area contributed by atoms with Gasteiger partial charge in [-0.05, 0) is 85.2 Å². The van der Waals surface area contributed by atoms with E-state index in [-0.39, 0.29) is 44.7 Å². The second-order valence-electron chi connectivity index (χ2n) is 18.7. The average Bonchev–Trinajstić information content (AvgIpc) is 3.96. The number of carbonyl (C=O) groups excluding carboxylic acids is 4. The SMILES string of the molecule is CC(C)(C)OC(=O)CC[C@@H](CO)NC(=O)c1cccc(CNC(=O)[C@@]23C[C@H]4OC(=O)[C@@H]2N(Cc2ccccc2C=CCc2ccccc2O)O[C@@H]3[C@H]2OC3(Cc5ccccc5C3)O[C@H]24)c1. The van der Waals surface area contributed by atoms with E-state index >= 15 is 4.79 Å². The predicted molar refractivity (Wildman–Crippen MR) is 236 cm³/mol. The van der Waals surface area contributed by atoms with Crippen molar-refractivity contribution in [1.82, 2.24) is 15.7 Å². The number of aliphatic hydroxyl groups is 1. The van der Waals surface area contributed by atoms with Crippen molar-refractivity contribution in [3.63, 3.8) is 0 Å². The van der Waals surface area contributed by atoms with Gasteiger partial charge in [-0.2, -0.15) is 5.06 Å². The van der Waals surface area contributed by atoms with Gasteiger partial charge in [0.05, 0.1) is 19.2 Å². The fraction of sp³-hybridized carbons (Fsp3) is 0.412. The Morgan fingerprint density at radius 1 is 0.923 bits per heavy atom. The third-order valence-corrected chi connectivity index (χ3v) is 13.0. The van der Waals surface area contributed by atoms with E-state index in [1.165, 1.54) is 0 Å². The van der Waals surface area contributed by atoms with Crippen molar-refractivity contribution in [1.29, 1.82) is 0 Å². The molecule has 0 unspecified atom stereocenters. The topological polar surface area (TPSA) is 182 Å². The lowest BCUT2D eigenvalue weighted by Crippen LogP contribution is -2.69. The molecule has 14 nitrogen and oxygen atoms in total. The minimum Gasteiger partial charge on any atom is -0.508 e. The monoisotopic (exact) mass is 885 g/mol. The lowest BCUT2D eigenvalue weighted by molar-refractivity contribution is -0.217. The number of allylic oxidation sites excluding steroid dienone is 1. The molecule has 2 aliphatic carbocycles. The summed E-state index contributed by atoms with van der Waals surface area (Å²) in [5.74, 6) is -2.67. The van der Waals surface area contributed by atoms with Crippen LogP contribution in [-0.4, -0.2) is 93.5 Å². The van der Waals surface area contributed by atoms with E-state index in [1.54, 1.807) is 62.2 Å². The summed E-state index contributed by atoms with van der Waals surface area (Å²) in [6.07, 6.45) is 2.68. The van der Waals surface area contributed by atoms with E-state index < -0.39 is 77.1 Å². The summed E-state index contributed by atoms with van der Waals surface area (Å²) in [6.45, 7) is 5.12. The molecule has 4 fully saturated rings. The van der Waals surface area contributed by atoms with E-state index in [0.29, 0.717) is 30.4 Å². The number of carbonyl (C=O) groups is 4. The van der Waals surface area contributed by atoms with Crippen LogP contribution >= 0.6 is 0 Å². The molecule has 9 rings (SSSR count). The number of ether oxygens (including phenoxy) is 4. The molecule has 340 valence electrons. The van der Waals surface area contributed by atoms with Crippen molar-refractivity contribution in [2.45, 2.75) is 120 Å². The zero-order valence-electron chi connectivity index (χ0n) is 36.7. The van der Waals surface area contributed by atoms with Crippen LogP contribution in [0.25, 0.3) is 6.08 Å². The first-order valence-corrected chi connectivity index (χ1v) is 22.3. The molecule has 4 N–H and O–H groups in total. The molecule has 0 radical (unpaired) electrons. The third kappa shape index (κ3) is 8.93. The molecule has 65 heavy (non-hydrogen) atoms. The number of esters is 2. The van der Waals surface area contributed by atoms with Gasteiger partial charge in [0.25, 0.3) is 5.91 Å². The fourth-order valence-corrected chi connectivity index (χ4v) is 10.1. The highest BCUT2D eigenvalue weighted by atomic mass is 16.8. The van der Waals surface area contributed by atoms with Gasteiger partial charge in [-0.1, -0.05) is 91.0 Å². The van der Waals surface area contributed by atoms with Crippen molar-refractivity contribution < 1.29 is 53.2 Å². The van der Waals surface area contributed by atoms with Gasteiger partial charge in [-0.15, -0.1) is 0 Å². The average molecular weight is 886 g/mol. The number of hydroxylamine groups is 2. The number of para-hydroxylation sites is 1. The fourth-order valence-electron chi connectivity index (χ4n) is 10.1. The maximum Gasteiger partial charge on any atom is 0.327 e. The molecule has 4 aromatic carbocycles. The molecule has 14 heteroatoms. The third-order valence-electron chi connectivity index (χ3n) is 13.0. The molecular weight excluding hydrogens is 831 g/mol. The molecule has 7 atom stereocenters. The maximum atomic E-state index is 15.1. The van der Waals surface area contributed by atoms with Crippen LogP contribution in [0.5, 0.6) is 5.75 Å². The number of hydrogen-bond acceptors (Lipinski definition) is 12. The molecule has 2 bridgehead atoms. The number of nitrogens with one attached hydrogen (secondary N) is 2. The normalized spacial score (nSPS) is 25.5. The molecule has 0 aromatic heterocycles. The lowest BCUT2D eigenvalue weighted by Gasteiger charge is -2.48. The maximum absolute atomic E-state index is 15.1. The van der Waals surface area contributed by atoms with Crippen LogP contribution in [0.3, 0.4) is 0 Å². The molecule has 5 aliphatic rings. The zero-order chi connectivity index (χ0) is 45.5. The first kappa shape index (κ1) is 44.3. The number of aliphatic hydroxyl groups excluding tert-OH is 1. The number of rotatable bonds is 14. The number of fused-ring (bicyclic) bond motifs is 5. The number of hydrogen-bond donors (Lipinski definition) is 4. The lowest BCUT2D eigenvalue weighted by atomic mass is 9.62. The van der Waals surface area contributed by atoms with Crippen molar-refractivity contribution in [2.24, 2.45) is 5.41 Å². The van der Waals surface area contributed by atoms with Gasteiger partial charge >= 0.3 is 11.9 Å². The van der Waals surface area contributed by atoms with Crippen LogP contribution < -0.4 is 10.6 Å². The summed E-state index contributed by atoms with van der Waals surface area (Å²) in [5.41, 5.74) is 3.57. The van der Waals surface area contributed by atoms with E-state index in [2.05, 4.69) is 22.8 Å². The molecular formula is C51H55N3O11. The summed E-state index contributed by atoms with van der Waals surface area (Å²) >= 11 is 0. The molecule has 1 saturated carbocycles. The van der Waals surface area contributed by atoms with Crippen molar-refractivity contribution >= 4 is 29.8 Å². The first-order valence-electron chi connectivity index (χ1n) is 22.3. The van der Waals surface area contributed by atoms with Gasteiger partial charge in [0.15, 0.2) is 11.8 Å². The Hall–Kier alpha value is -5.90. The van der Waals surface area contributed by atoms with E-state index in [4.69, 9.17) is 23.8 Å². The Morgan fingerprint density at radius 3 is 2.37 bits per heavy atom. The number of aromatic hydroxyl groups is 1. The highest BCUT2D eigenvalue weighted by Gasteiger charge is 2.76. The Bertz CT molecular complexity index is 2480. The molecule has 4 aromatic rings.